The van der Waals surface area contributed by atoms with E-state index >= 15 is 0 Å². The number of pyridine rings is 1. The summed E-state index contributed by atoms with van der Waals surface area (Å²) >= 11 is 0. The van der Waals surface area contributed by atoms with E-state index in [0.717, 1.165) is 12.1 Å². The van der Waals surface area contributed by atoms with Gasteiger partial charge in [-0.3, -0.25) is 9.78 Å². The normalized spacial score (nSPS) is 10.5. The molecule has 1 rings (SSSR count). The number of carbonyl (C=O) groups excluding carboxylic acids is 1. The minimum Gasteiger partial charge on any atom is -0.352 e. The van der Waals surface area contributed by atoms with E-state index in [0.29, 0.717) is 24.6 Å². The molecule has 0 aliphatic heterocycles. The van der Waals surface area contributed by atoms with Crippen molar-refractivity contribution in [2.45, 2.75) is 26.8 Å². The molecule has 3 N–H and O–H groups in total. The Hall–Kier alpha value is -1.42. The molecule has 0 saturated carbocycles. The Morgan fingerprint density at radius 3 is 2.94 bits per heavy atom. The number of hydrogen-bond donors (Lipinski definition) is 2. The van der Waals surface area contributed by atoms with Crippen LogP contribution in [-0.4, -0.2) is 17.4 Å². The van der Waals surface area contributed by atoms with Gasteiger partial charge in [-0.25, -0.2) is 0 Å². The Morgan fingerprint density at radius 1 is 1.56 bits per heavy atom. The second kappa shape index (κ2) is 6.23. The molecule has 1 heterocycles. The van der Waals surface area contributed by atoms with Crippen LogP contribution in [0, 0.1) is 5.92 Å². The van der Waals surface area contributed by atoms with E-state index < -0.39 is 0 Å². The summed E-state index contributed by atoms with van der Waals surface area (Å²) in [5.74, 6) is 0.537. The molecule has 4 heteroatoms. The molecule has 0 radical (unpaired) electrons. The summed E-state index contributed by atoms with van der Waals surface area (Å²) in [5.41, 5.74) is 6.82. The SMILES string of the molecule is CC(C)CCNC(=O)c1ccnc(CN)c1. The van der Waals surface area contributed by atoms with Crippen LogP contribution in [-0.2, 0) is 6.54 Å². The van der Waals surface area contributed by atoms with Crippen molar-refractivity contribution in [3.63, 3.8) is 0 Å². The molecule has 88 valence electrons. The number of hydrogen-bond acceptors (Lipinski definition) is 3. The van der Waals surface area contributed by atoms with Crippen LogP contribution >= 0.6 is 0 Å². The largest absolute Gasteiger partial charge is 0.352 e. The van der Waals surface area contributed by atoms with Crippen LogP contribution in [0.5, 0.6) is 0 Å². The molecule has 1 aromatic rings. The number of rotatable bonds is 5. The molecule has 0 bridgehead atoms. The summed E-state index contributed by atoms with van der Waals surface area (Å²) in [7, 11) is 0. The average molecular weight is 221 g/mol. The second-order valence-electron chi connectivity index (χ2n) is 4.18. The Kier molecular flexibility index (Phi) is 4.92. The Morgan fingerprint density at radius 2 is 2.31 bits per heavy atom. The molecule has 0 aliphatic carbocycles. The average Bonchev–Trinajstić information content (AvgIpc) is 2.28. The molecule has 0 atom stereocenters. The van der Waals surface area contributed by atoms with Gasteiger partial charge >= 0.3 is 0 Å². The van der Waals surface area contributed by atoms with Gasteiger partial charge in [0.1, 0.15) is 0 Å². The molecule has 1 amide bonds. The van der Waals surface area contributed by atoms with Crippen molar-refractivity contribution < 1.29 is 4.79 Å². The first kappa shape index (κ1) is 12.6. The van der Waals surface area contributed by atoms with Crippen LogP contribution in [0.25, 0.3) is 0 Å². The predicted molar refractivity (Wildman–Crippen MR) is 63.9 cm³/mol. The molecule has 0 aliphatic rings. The Balaban J connectivity index is 2.52. The van der Waals surface area contributed by atoms with Gasteiger partial charge in [0.05, 0.1) is 5.69 Å². The van der Waals surface area contributed by atoms with Gasteiger partial charge in [-0.1, -0.05) is 13.8 Å². The summed E-state index contributed by atoms with van der Waals surface area (Å²) in [4.78, 5) is 15.8. The van der Waals surface area contributed by atoms with E-state index in [4.69, 9.17) is 5.73 Å². The molecule has 0 aromatic carbocycles. The standard InChI is InChI=1S/C12H19N3O/c1-9(2)3-5-15-12(16)10-4-6-14-11(7-10)8-13/h4,6-7,9H,3,5,8,13H2,1-2H3,(H,15,16). The van der Waals surface area contributed by atoms with E-state index in [1.807, 2.05) is 0 Å². The number of aromatic nitrogens is 1. The van der Waals surface area contributed by atoms with Crippen LogP contribution in [0.3, 0.4) is 0 Å². The second-order valence-corrected chi connectivity index (χ2v) is 4.18. The first-order valence-corrected chi connectivity index (χ1v) is 5.56. The summed E-state index contributed by atoms with van der Waals surface area (Å²) in [6.45, 7) is 5.32. The van der Waals surface area contributed by atoms with Gasteiger partial charge in [-0.2, -0.15) is 0 Å². The maximum atomic E-state index is 11.7. The summed E-state index contributed by atoms with van der Waals surface area (Å²) in [6, 6.07) is 3.43. The third-order valence-corrected chi connectivity index (χ3v) is 2.30. The van der Waals surface area contributed by atoms with E-state index in [1.165, 1.54) is 0 Å². The lowest BCUT2D eigenvalue weighted by molar-refractivity contribution is 0.0952. The maximum Gasteiger partial charge on any atom is 0.251 e. The van der Waals surface area contributed by atoms with E-state index in [-0.39, 0.29) is 5.91 Å². The highest BCUT2D eigenvalue weighted by Crippen LogP contribution is 2.02. The van der Waals surface area contributed by atoms with Crippen molar-refractivity contribution in [2.24, 2.45) is 11.7 Å². The molecule has 0 fully saturated rings. The maximum absolute atomic E-state index is 11.7. The fourth-order valence-corrected chi connectivity index (χ4v) is 1.31. The number of nitrogens with two attached hydrogens (primary N) is 1. The van der Waals surface area contributed by atoms with Crippen LogP contribution < -0.4 is 11.1 Å². The number of nitrogens with one attached hydrogen (secondary N) is 1. The van der Waals surface area contributed by atoms with E-state index in [2.05, 4.69) is 24.1 Å². The quantitative estimate of drug-likeness (QED) is 0.788. The highest BCUT2D eigenvalue weighted by molar-refractivity contribution is 5.94. The van der Waals surface area contributed by atoms with Crippen molar-refractivity contribution in [2.75, 3.05) is 6.54 Å². The summed E-state index contributed by atoms with van der Waals surface area (Å²) in [6.07, 6.45) is 2.60. The van der Waals surface area contributed by atoms with Gasteiger partial charge < -0.3 is 11.1 Å². The smallest absolute Gasteiger partial charge is 0.251 e. The van der Waals surface area contributed by atoms with Gasteiger partial charge in [0.15, 0.2) is 0 Å². The molecule has 0 unspecified atom stereocenters. The van der Waals surface area contributed by atoms with Crippen molar-refractivity contribution in [1.82, 2.24) is 10.3 Å². The highest BCUT2D eigenvalue weighted by atomic mass is 16.1. The van der Waals surface area contributed by atoms with Gasteiger partial charge in [0.2, 0.25) is 0 Å². The highest BCUT2D eigenvalue weighted by Gasteiger charge is 2.05. The Labute approximate surface area is 96.3 Å². The first-order chi connectivity index (χ1) is 7.63. The zero-order chi connectivity index (χ0) is 12.0. The lowest BCUT2D eigenvalue weighted by Gasteiger charge is -2.07. The van der Waals surface area contributed by atoms with E-state index in [1.54, 1.807) is 18.3 Å². The monoisotopic (exact) mass is 221 g/mol. The van der Waals surface area contributed by atoms with Crippen LogP contribution in [0.1, 0.15) is 36.3 Å². The van der Waals surface area contributed by atoms with Crippen LogP contribution in [0.15, 0.2) is 18.3 Å². The number of amides is 1. The van der Waals surface area contributed by atoms with Crippen molar-refractivity contribution in [1.29, 1.82) is 0 Å². The fourth-order valence-electron chi connectivity index (χ4n) is 1.31. The third kappa shape index (κ3) is 3.98. The van der Waals surface area contributed by atoms with Gasteiger partial charge in [-0.15, -0.1) is 0 Å². The summed E-state index contributed by atoms with van der Waals surface area (Å²) in [5, 5.41) is 2.87. The van der Waals surface area contributed by atoms with E-state index in [9.17, 15) is 4.79 Å². The number of nitrogens with zero attached hydrogens (tertiary/aromatic N) is 1. The van der Waals surface area contributed by atoms with Gasteiger partial charge in [0, 0.05) is 24.8 Å². The molecule has 0 saturated heterocycles. The molecule has 0 spiro atoms. The molecule has 4 nitrogen and oxygen atoms in total. The fraction of sp³-hybridized carbons (Fsp3) is 0.500. The molecule has 16 heavy (non-hydrogen) atoms. The number of carbonyl (C=O) groups is 1. The lowest BCUT2D eigenvalue weighted by atomic mass is 10.1. The molecular formula is C12H19N3O. The van der Waals surface area contributed by atoms with Gasteiger partial charge in [-0.05, 0) is 24.5 Å². The summed E-state index contributed by atoms with van der Waals surface area (Å²) < 4.78 is 0. The minimum absolute atomic E-state index is 0.0576. The van der Waals surface area contributed by atoms with Gasteiger partial charge in [0.25, 0.3) is 5.91 Å². The van der Waals surface area contributed by atoms with Crippen molar-refractivity contribution in [3.8, 4) is 0 Å². The zero-order valence-electron chi connectivity index (χ0n) is 9.86. The Bertz CT molecular complexity index is 350. The zero-order valence-corrected chi connectivity index (χ0v) is 9.86. The third-order valence-electron chi connectivity index (χ3n) is 2.30. The molecule has 1 aromatic heterocycles. The van der Waals surface area contributed by atoms with Crippen LogP contribution in [0.4, 0.5) is 0 Å². The first-order valence-electron chi connectivity index (χ1n) is 5.56. The van der Waals surface area contributed by atoms with Crippen molar-refractivity contribution in [3.05, 3.63) is 29.6 Å². The topological polar surface area (TPSA) is 68.0 Å². The molecular weight excluding hydrogens is 202 g/mol. The predicted octanol–water partition coefficient (Wildman–Crippen LogP) is 1.32. The lowest BCUT2D eigenvalue weighted by Crippen LogP contribution is -2.25. The minimum atomic E-state index is -0.0576. The van der Waals surface area contributed by atoms with Crippen molar-refractivity contribution >= 4 is 5.91 Å². The van der Waals surface area contributed by atoms with Crippen LogP contribution in [0.2, 0.25) is 0 Å².